The molecule has 3 aromatic rings. The van der Waals surface area contributed by atoms with E-state index in [2.05, 4.69) is 13.0 Å². The van der Waals surface area contributed by atoms with Gasteiger partial charge in [-0.05, 0) is 65.5 Å². The number of rotatable bonds is 6. The number of halogens is 2. The lowest BCUT2D eigenvalue weighted by molar-refractivity contribution is 0.368. The topological polar surface area (TPSA) is 0 Å². The lowest BCUT2D eigenvalue weighted by atomic mass is 9.69. The minimum absolute atomic E-state index is 0.152. The second kappa shape index (κ2) is 8.43. The van der Waals surface area contributed by atoms with Crippen molar-refractivity contribution >= 4 is 10.8 Å². The molecule has 0 unspecified atom stereocenters. The van der Waals surface area contributed by atoms with Crippen LogP contribution in [0.15, 0.2) is 54.6 Å². The molecule has 4 rings (SSSR count). The van der Waals surface area contributed by atoms with Crippen LogP contribution in [-0.2, 0) is 6.42 Å². The van der Waals surface area contributed by atoms with Crippen LogP contribution in [0.4, 0.5) is 8.78 Å². The average Bonchev–Trinajstić information content (AvgIpc) is 2.71. The molecule has 0 aliphatic heterocycles. The lowest BCUT2D eigenvalue weighted by Crippen LogP contribution is -2.22. The van der Waals surface area contributed by atoms with Crippen molar-refractivity contribution in [3.8, 4) is 0 Å². The van der Waals surface area contributed by atoms with Crippen LogP contribution in [0, 0.1) is 17.6 Å². The molecule has 28 heavy (non-hydrogen) atoms. The summed E-state index contributed by atoms with van der Waals surface area (Å²) in [4.78, 5) is 0. The van der Waals surface area contributed by atoms with Crippen molar-refractivity contribution in [1.29, 1.82) is 0 Å². The lowest BCUT2D eigenvalue weighted by Gasteiger charge is -2.35. The molecule has 1 aliphatic rings. The number of hydrogen-bond donors (Lipinski definition) is 0. The molecular formula is C26H28F2. The zero-order valence-corrected chi connectivity index (χ0v) is 16.6. The normalized spacial score (nSPS) is 19.0. The Labute approximate surface area is 166 Å². The highest BCUT2D eigenvalue weighted by Crippen LogP contribution is 2.45. The molecule has 0 nitrogen and oxygen atoms in total. The van der Waals surface area contributed by atoms with Gasteiger partial charge in [0.25, 0.3) is 0 Å². The van der Waals surface area contributed by atoms with Crippen molar-refractivity contribution in [2.24, 2.45) is 5.92 Å². The van der Waals surface area contributed by atoms with Gasteiger partial charge in [-0.2, -0.15) is 0 Å². The number of fused-ring (bicyclic) bond motifs is 3. The minimum atomic E-state index is -0.195. The summed E-state index contributed by atoms with van der Waals surface area (Å²) in [5.41, 5.74) is 3.76. The molecule has 0 aromatic heterocycles. The van der Waals surface area contributed by atoms with Crippen molar-refractivity contribution < 1.29 is 8.78 Å². The standard InChI is InChI=1S/C26H28F2/c1-2-3-4-5-7-18-12-15-22-21-8-6-9-25(28)23(21)16-17-24(22)26(18)19-10-13-20(27)14-11-19/h6,8-11,13-14,16-18,26H,2-5,7,12,15H2,1H3/t18-,26-/m1/s1. The van der Waals surface area contributed by atoms with Crippen LogP contribution in [0.3, 0.4) is 0 Å². The van der Waals surface area contributed by atoms with Crippen molar-refractivity contribution in [1.82, 2.24) is 0 Å². The van der Waals surface area contributed by atoms with Crippen LogP contribution in [0.1, 0.15) is 68.1 Å². The SMILES string of the molecule is CCCCCC[C@@H]1CCc2c(ccc3c(F)cccc23)[C@H]1c1ccc(F)cc1. The minimum Gasteiger partial charge on any atom is -0.207 e. The molecule has 0 saturated carbocycles. The van der Waals surface area contributed by atoms with Gasteiger partial charge in [-0.3, -0.25) is 0 Å². The molecule has 0 N–H and O–H groups in total. The summed E-state index contributed by atoms with van der Waals surface area (Å²) >= 11 is 0. The summed E-state index contributed by atoms with van der Waals surface area (Å²) in [7, 11) is 0. The van der Waals surface area contributed by atoms with Crippen LogP contribution in [0.25, 0.3) is 10.8 Å². The predicted octanol–water partition coefficient (Wildman–Crippen LogP) is 7.78. The van der Waals surface area contributed by atoms with E-state index in [1.165, 1.54) is 54.9 Å². The molecule has 146 valence electrons. The fourth-order valence-electron chi connectivity index (χ4n) is 4.99. The quantitative estimate of drug-likeness (QED) is 0.384. The highest BCUT2D eigenvalue weighted by molar-refractivity contribution is 5.88. The Balaban J connectivity index is 1.75. The van der Waals surface area contributed by atoms with E-state index in [9.17, 15) is 8.78 Å². The highest BCUT2D eigenvalue weighted by Gasteiger charge is 2.31. The summed E-state index contributed by atoms with van der Waals surface area (Å²) < 4.78 is 27.8. The van der Waals surface area contributed by atoms with Crippen LogP contribution in [0.5, 0.6) is 0 Å². The van der Waals surface area contributed by atoms with Crippen LogP contribution in [-0.4, -0.2) is 0 Å². The van der Waals surface area contributed by atoms with Gasteiger partial charge < -0.3 is 0 Å². The van der Waals surface area contributed by atoms with E-state index >= 15 is 0 Å². The van der Waals surface area contributed by atoms with E-state index in [0.29, 0.717) is 11.3 Å². The number of hydrogen-bond acceptors (Lipinski definition) is 0. The molecule has 0 fully saturated rings. The summed E-state index contributed by atoms with van der Waals surface area (Å²) in [6.45, 7) is 2.24. The molecule has 2 heteroatoms. The maximum Gasteiger partial charge on any atom is 0.131 e. The maximum atomic E-state index is 14.3. The Bertz CT molecular complexity index is 943. The second-order valence-electron chi connectivity index (χ2n) is 8.15. The van der Waals surface area contributed by atoms with E-state index in [1.807, 2.05) is 30.3 Å². The average molecular weight is 379 g/mol. The molecule has 0 amide bonds. The van der Waals surface area contributed by atoms with Crippen LogP contribution in [0.2, 0.25) is 0 Å². The van der Waals surface area contributed by atoms with Crippen molar-refractivity contribution in [2.75, 3.05) is 0 Å². The maximum absolute atomic E-state index is 14.3. The van der Waals surface area contributed by atoms with E-state index in [4.69, 9.17) is 0 Å². The molecule has 0 radical (unpaired) electrons. The van der Waals surface area contributed by atoms with E-state index < -0.39 is 0 Å². The molecule has 3 aromatic carbocycles. The molecule has 0 spiro atoms. The van der Waals surface area contributed by atoms with Gasteiger partial charge in [-0.15, -0.1) is 0 Å². The van der Waals surface area contributed by atoms with E-state index in [1.54, 1.807) is 12.1 Å². The predicted molar refractivity (Wildman–Crippen MR) is 113 cm³/mol. The van der Waals surface area contributed by atoms with Crippen molar-refractivity contribution in [2.45, 2.75) is 57.8 Å². The first-order valence-corrected chi connectivity index (χ1v) is 10.6. The van der Waals surface area contributed by atoms with Gasteiger partial charge >= 0.3 is 0 Å². The van der Waals surface area contributed by atoms with Gasteiger partial charge in [0.2, 0.25) is 0 Å². The molecular weight excluding hydrogens is 350 g/mol. The Morgan fingerprint density at radius 2 is 1.68 bits per heavy atom. The van der Waals surface area contributed by atoms with Gasteiger partial charge in [0.15, 0.2) is 0 Å². The Morgan fingerprint density at radius 1 is 0.857 bits per heavy atom. The van der Waals surface area contributed by atoms with E-state index in [0.717, 1.165) is 18.2 Å². The molecule has 2 atom stereocenters. The highest BCUT2D eigenvalue weighted by atomic mass is 19.1. The second-order valence-corrected chi connectivity index (χ2v) is 8.15. The smallest absolute Gasteiger partial charge is 0.131 e. The first-order chi connectivity index (χ1) is 13.7. The molecule has 0 bridgehead atoms. The van der Waals surface area contributed by atoms with Gasteiger partial charge in [-0.1, -0.05) is 69.0 Å². The Hall–Kier alpha value is -2.22. The molecule has 0 saturated heterocycles. The van der Waals surface area contributed by atoms with Gasteiger partial charge in [0, 0.05) is 11.3 Å². The first-order valence-electron chi connectivity index (χ1n) is 10.6. The summed E-state index contributed by atoms with van der Waals surface area (Å²) in [5, 5.41) is 1.74. The van der Waals surface area contributed by atoms with Gasteiger partial charge in [0.05, 0.1) is 0 Å². The number of benzene rings is 3. The monoisotopic (exact) mass is 378 g/mol. The number of aryl methyl sites for hydroxylation is 1. The fraction of sp³-hybridized carbons (Fsp3) is 0.385. The zero-order chi connectivity index (χ0) is 19.5. The third kappa shape index (κ3) is 3.70. The van der Waals surface area contributed by atoms with Gasteiger partial charge in [-0.25, -0.2) is 8.78 Å². The number of unbranched alkanes of at least 4 members (excludes halogenated alkanes) is 3. The molecule has 1 aliphatic carbocycles. The summed E-state index contributed by atoms with van der Waals surface area (Å²) in [6.07, 6.45) is 8.35. The van der Waals surface area contributed by atoms with E-state index in [-0.39, 0.29) is 17.6 Å². The first kappa shape index (κ1) is 19.1. The fourth-order valence-corrected chi connectivity index (χ4v) is 4.99. The zero-order valence-electron chi connectivity index (χ0n) is 16.6. The third-order valence-corrected chi connectivity index (χ3v) is 6.39. The van der Waals surface area contributed by atoms with Crippen molar-refractivity contribution in [3.05, 3.63) is 82.9 Å². The van der Waals surface area contributed by atoms with Gasteiger partial charge in [0.1, 0.15) is 11.6 Å². The Morgan fingerprint density at radius 3 is 2.46 bits per heavy atom. The third-order valence-electron chi connectivity index (χ3n) is 6.39. The Kier molecular flexibility index (Phi) is 5.75. The molecule has 0 heterocycles. The van der Waals surface area contributed by atoms with Crippen molar-refractivity contribution in [3.63, 3.8) is 0 Å². The van der Waals surface area contributed by atoms with Crippen LogP contribution >= 0.6 is 0 Å². The summed E-state index contributed by atoms with van der Waals surface area (Å²) in [5.74, 6) is 0.472. The van der Waals surface area contributed by atoms with Crippen LogP contribution < -0.4 is 0 Å². The summed E-state index contributed by atoms with van der Waals surface area (Å²) in [6, 6.07) is 16.4. The largest absolute Gasteiger partial charge is 0.207 e.